The Labute approximate surface area is 110 Å². The van der Waals surface area contributed by atoms with Gasteiger partial charge in [-0.3, -0.25) is 0 Å². The van der Waals surface area contributed by atoms with Crippen LogP contribution in [-0.4, -0.2) is 24.4 Å². The van der Waals surface area contributed by atoms with Gasteiger partial charge < -0.3 is 14.6 Å². The SMILES string of the molecule is CCCOc1ccccc1C(O)C(C)(CC)OC. The number of hydrogen-bond acceptors (Lipinski definition) is 3. The maximum atomic E-state index is 10.5. The number of benzene rings is 1. The minimum absolute atomic E-state index is 0.592. The van der Waals surface area contributed by atoms with Crippen molar-refractivity contribution in [1.29, 1.82) is 0 Å². The Balaban J connectivity index is 3.00. The van der Waals surface area contributed by atoms with Gasteiger partial charge in [0.05, 0.1) is 12.2 Å². The molecule has 3 heteroatoms. The average molecular weight is 252 g/mol. The molecule has 1 aromatic carbocycles. The van der Waals surface area contributed by atoms with Gasteiger partial charge in [-0.15, -0.1) is 0 Å². The van der Waals surface area contributed by atoms with Crippen molar-refractivity contribution < 1.29 is 14.6 Å². The van der Waals surface area contributed by atoms with Crippen molar-refractivity contribution in [3.05, 3.63) is 29.8 Å². The molecular weight excluding hydrogens is 228 g/mol. The normalized spacial score (nSPS) is 16.1. The summed E-state index contributed by atoms with van der Waals surface area (Å²) in [6.45, 7) is 6.63. The van der Waals surface area contributed by atoms with Crippen molar-refractivity contribution >= 4 is 0 Å². The number of methoxy groups -OCH3 is 1. The Morgan fingerprint density at radius 2 is 1.94 bits per heavy atom. The topological polar surface area (TPSA) is 38.7 Å². The second-order valence-electron chi connectivity index (χ2n) is 4.66. The summed E-state index contributed by atoms with van der Waals surface area (Å²) in [6, 6.07) is 7.60. The van der Waals surface area contributed by atoms with E-state index >= 15 is 0 Å². The van der Waals surface area contributed by atoms with Gasteiger partial charge in [0.1, 0.15) is 11.9 Å². The Kier molecular flexibility index (Phi) is 5.63. The molecule has 0 saturated carbocycles. The molecule has 102 valence electrons. The number of ether oxygens (including phenoxy) is 2. The number of aliphatic hydroxyl groups is 1. The molecule has 2 unspecified atom stereocenters. The van der Waals surface area contributed by atoms with Crippen LogP contribution in [0.25, 0.3) is 0 Å². The summed E-state index contributed by atoms with van der Waals surface area (Å²) in [5, 5.41) is 10.5. The average Bonchev–Trinajstić information content (AvgIpc) is 2.43. The zero-order valence-corrected chi connectivity index (χ0v) is 11.8. The number of aliphatic hydroxyl groups excluding tert-OH is 1. The molecule has 0 spiro atoms. The lowest BCUT2D eigenvalue weighted by molar-refractivity contribution is -0.0951. The van der Waals surface area contributed by atoms with E-state index in [0.29, 0.717) is 6.61 Å². The minimum atomic E-state index is -0.694. The first-order valence-corrected chi connectivity index (χ1v) is 6.54. The van der Waals surface area contributed by atoms with E-state index in [-0.39, 0.29) is 0 Å². The molecule has 0 aromatic heterocycles. The van der Waals surface area contributed by atoms with Crippen molar-refractivity contribution in [3.63, 3.8) is 0 Å². The molecule has 0 radical (unpaired) electrons. The monoisotopic (exact) mass is 252 g/mol. The van der Waals surface area contributed by atoms with E-state index in [1.54, 1.807) is 7.11 Å². The molecule has 0 heterocycles. The first-order chi connectivity index (χ1) is 8.59. The molecule has 2 atom stereocenters. The molecule has 1 N–H and O–H groups in total. The number of rotatable bonds is 7. The summed E-state index contributed by atoms with van der Waals surface area (Å²) in [5.41, 5.74) is 0.197. The zero-order valence-electron chi connectivity index (χ0n) is 11.8. The third-order valence-electron chi connectivity index (χ3n) is 3.42. The molecule has 3 nitrogen and oxygen atoms in total. The second-order valence-corrected chi connectivity index (χ2v) is 4.66. The minimum Gasteiger partial charge on any atom is -0.493 e. The third-order valence-corrected chi connectivity index (χ3v) is 3.42. The van der Waals surface area contributed by atoms with Crippen molar-refractivity contribution in [2.45, 2.75) is 45.3 Å². The van der Waals surface area contributed by atoms with Crippen LogP contribution < -0.4 is 4.74 Å². The largest absolute Gasteiger partial charge is 0.493 e. The highest BCUT2D eigenvalue weighted by atomic mass is 16.5. The van der Waals surface area contributed by atoms with Gasteiger partial charge in [0, 0.05) is 12.7 Å². The molecule has 0 saturated heterocycles. The summed E-state index contributed by atoms with van der Waals surface area (Å²) in [7, 11) is 1.63. The molecule has 1 aromatic rings. The van der Waals surface area contributed by atoms with Gasteiger partial charge in [-0.05, 0) is 25.8 Å². The summed E-state index contributed by atoms with van der Waals surface area (Å²) in [4.78, 5) is 0. The maximum absolute atomic E-state index is 10.5. The van der Waals surface area contributed by atoms with Crippen LogP contribution in [0.15, 0.2) is 24.3 Å². The van der Waals surface area contributed by atoms with Crippen LogP contribution in [0.1, 0.15) is 45.3 Å². The van der Waals surface area contributed by atoms with E-state index < -0.39 is 11.7 Å². The zero-order chi connectivity index (χ0) is 13.6. The van der Waals surface area contributed by atoms with Crippen LogP contribution in [0, 0.1) is 0 Å². The van der Waals surface area contributed by atoms with Crippen LogP contribution in [-0.2, 0) is 4.74 Å². The predicted molar refractivity (Wildman–Crippen MR) is 72.9 cm³/mol. The van der Waals surface area contributed by atoms with Crippen molar-refractivity contribution in [3.8, 4) is 5.75 Å². The lowest BCUT2D eigenvalue weighted by atomic mass is 9.90. The molecule has 0 aliphatic rings. The van der Waals surface area contributed by atoms with E-state index in [1.165, 1.54) is 0 Å². The van der Waals surface area contributed by atoms with Gasteiger partial charge in [-0.25, -0.2) is 0 Å². The van der Waals surface area contributed by atoms with E-state index in [0.717, 1.165) is 24.2 Å². The Hall–Kier alpha value is -1.06. The number of para-hydroxylation sites is 1. The lowest BCUT2D eigenvalue weighted by Crippen LogP contribution is -2.34. The highest BCUT2D eigenvalue weighted by Crippen LogP contribution is 2.36. The third kappa shape index (κ3) is 3.24. The van der Waals surface area contributed by atoms with Gasteiger partial charge in [0.2, 0.25) is 0 Å². The quantitative estimate of drug-likeness (QED) is 0.809. The summed E-state index contributed by atoms with van der Waals surface area (Å²) in [5.74, 6) is 0.739. The van der Waals surface area contributed by atoms with E-state index in [9.17, 15) is 5.11 Å². The fourth-order valence-electron chi connectivity index (χ4n) is 1.83. The van der Waals surface area contributed by atoms with Crippen LogP contribution in [0.3, 0.4) is 0 Å². The molecule has 0 fully saturated rings. The van der Waals surface area contributed by atoms with E-state index in [2.05, 4.69) is 6.92 Å². The standard InChI is InChI=1S/C15H24O3/c1-5-11-18-13-10-8-7-9-12(13)14(16)15(3,6-2)17-4/h7-10,14,16H,5-6,11H2,1-4H3. The lowest BCUT2D eigenvalue weighted by Gasteiger charge is -2.33. The second kappa shape index (κ2) is 6.76. The molecular formula is C15H24O3. The van der Waals surface area contributed by atoms with Crippen LogP contribution in [0.2, 0.25) is 0 Å². The molecule has 1 rings (SSSR count). The van der Waals surface area contributed by atoms with Gasteiger partial charge in [-0.2, -0.15) is 0 Å². The Morgan fingerprint density at radius 1 is 1.28 bits per heavy atom. The van der Waals surface area contributed by atoms with E-state index in [4.69, 9.17) is 9.47 Å². The fraction of sp³-hybridized carbons (Fsp3) is 0.600. The van der Waals surface area contributed by atoms with Crippen molar-refractivity contribution in [1.82, 2.24) is 0 Å². The summed E-state index contributed by atoms with van der Waals surface area (Å²) >= 11 is 0. The van der Waals surface area contributed by atoms with Crippen LogP contribution in [0.4, 0.5) is 0 Å². The first-order valence-electron chi connectivity index (χ1n) is 6.54. The van der Waals surface area contributed by atoms with Crippen LogP contribution >= 0.6 is 0 Å². The van der Waals surface area contributed by atoms with E-state index in [1.807, 2.05) is 38.1 Å². The van der Waals surface area contributed by atoms with Gasteiger partial charge >= 0.3 is 0 Å². The van der Waals surface area contributed by atoms with Gasteiger partial charge in [-0.1, -0.05) is 32.0 Å². The highest BCUT2D eigenvalue weighted by Gasteiger charge is 2.33. The maximum Gasteiger partial charge on any atom is 0.125 e. The van der Waals surface area contributed by atoms with Gasteiger partial charge in [0.15, 0.2) is 0 Å². The number of hydrogen-bond donors (Lipinski definition) is 1. The summed E-state index contributed by atoms with van der Waals surface area (Å²) in [6.07, 6.45) is 0.979. The predicted octanol–water partition coefficient (Wildman–Crippen LogP) is 3.32. The highest BCUT2D eigenvalue weighted by molar-refractivity contribution is 5.36. The van der Waals surface area contributed by atoms with Crippen LogP contribution in [0.5, 0.6) is 5.75 Å². The molecule has 0 amide bonds. The Bertz CT molecular complexity index is 359. The first kappa shape index (κ1) is 15.0. The molecule has 0 bridgehead atoms. The Morgan fingerprint density at radius 3 is 2.50 bits per heavy atom. The van der Waals surface area contributed by atoms with Crippen molar-refractivity contribution in [2.75, 3.05) is 13.7 Å². The molecule has 0 aliphatic heterocycles. The summed E-state index contributed by atoms with van der Waals surface area (Å²) < 4.78 is 11.1. The van der Waals surface area contributed by atoms with Crippen molar-refractivity contribution in [2.24, 2.45) is 0 Å². The molecule has 18 heavy (non-hydrogen) atoms. The smallest absolute Gasteiger partial charge is 0.125 e. The van der Waals surface area contributed by atoms with Gasteiger partial charge in [0.25, 0.3) is 0 Å². The fourth-order valence-corrected chi connectivity index (χ4v) is 1.83. The molecule has 0 aliphatic carbocycles.